The molecule has 0 amide bonds. The second-order valence-electron chi connectivity index (χ2n) is 4.20. The number of rotatable bonds is 4. The van der Waals surface area contributed by atoms with Gasteiger partial charge in [0.1, 0.15) is 17.2 Å². The Morgan fingerprint density at radius 1 is 1.22 bits per heavy atom. The second kappa shape index (κ2) is 5.69. The van der Waals surface area contributed by atoms with Crippen LogP contribution in [0.4, 0.5) is 5.69 Å². The van der Waals surface area contributed by atoms with Crippen molar-refractivity contribution >= 4 is 20.9 Å². The van der Waals surface area contributed by atoms with Crippen molar-refractivity contribution < 1.29 is 8.84 Å². The first kappa shape index (κ1) is 12.6. The van der Waals surface area contributed by atoms with Crippen LogP contribution < -0.4 is 4.43 Å². The van der Waals surface area contributed by atoms with Crippen molar-refractivity contribution in [1.29, 1.82) is 0 Å². The van der Waals surface area contributed by atoms with E-state index >= 15 is 0 Å². The smallest absolute Gasteiger partial charge is 0.274 e. The number of hydrogen-bond donors (Lipinski definition) is 0. The molecule has 1 heterocycles. The first-order valence-corrected chi connectivity index (χ1v) is 8.23. The Morgan fingerprint density at radius 3 is 2.67 bits per heavy atom. The SMILES string of the molecule is Cc1ccoc1C=Nc1ccccc1O[Si](C)C. The topological polar surface area (TPSA) is 34.7 Å². The third-order valence-electron chi connectivity index (χ3n) is 2.40. The van der Waals surface area contributed by atoms with E-state index in [0.29, 0.717) is 0 Å². The molecule has 4 heteroatoms. The number of para-hydroxylation sites is 2. The predicted molar refractivity (Wildman–Crippen MR) is 75.3 cm³/mol. The zero-order valence-electron chi connectivity index (χ0n) is 10.8. The molecule has 0 atom stereocenters. The largest absolute Gasteiger partial charge is 0.541 e. The number of hydrogen-bond acceptors (Lipinski definition) is 3. The average Bonchev–Trinajstić information content (AvgIpc) is 2.73. The summed E-state index contributed by atoms with van der Waals surface area (Å²) >= 11 is 0. The molecule has 3 nitrogen and oxygen atoms in total. The van der Waals surface area contributed by atoms with Crippen LogP contribution in [0.2, 0.25) is 13.1 Å². The molecule has 0 fully saturated rings. The number of nitrogens with zero attached hydrogens (tertiary/aromatic N) is 1. The molecule has 0 saturated carbocycles. The van der Waals surface area contributed by atoms with Gasteiger partial charge in [0, 0.05) is 0 Å². The van der Waals surface area contributed by atoms with Crippen LogP contribution in [0, 0.1) is 6.92 Å². The van der Waals surface area contributed by atoms with Gasteiger partial charge in [0.2, 0.25) is 0 Å². The van der Waals surface area contributed by atoms with E-state index in [9.17, 15) is 0 Å². The maximum absolute atomic E-state index is 5.80. The summed E-state index contributed by atoms with van der Waals surface area (Å²) in [6.07, 6.45) is 3.40. The molecule has 1 aromatic carbocycles. The lowest BCUT2D eigenvalue weighted by molar-refractivity contribution is 0.558. The molecular weight excluding hydrogens is 242 g/mol. The normalized spacial score (nSPS) is 11.3. The fourth-order valence-electron chi connectivity index (χ4n) is 1.51. The number of aliphatic imine (C=N–C) groups is 1. The van der Waals surface area contributed by atoms with E-state index in [0.717, 1.165) is 22.8 Å². The summed E-state index contributed by atoms with van der Waals surface area (Å²) in [6, 6.07) is 9.71. The fourth-order valence-corrected chi connectivity index (χ4v) is 2.13. The Kier molecular flexibility index (Phi) is 3.99. The van der Waals surface area contributed by atoms with Gasteiger partial charge >= 0.3 is 0 Å². The maximum atomic E-state index is 5.80. The van der Waals surface area contributed by atoms with Crippen LogP contribution in [-0.2, 0) is 0 Å². The van der Waals surface area contributed by atoms with Crippen LogP contribution >= 0.6 is 0 Å². The first-order chi connectivity index (χ1) is 8.66. The lowest BCUT2D eigenvalue weighted by Crippen LogP contribution is -2.11. The summed E-state index contributed by atoms with van der Waals surface area (Å²) in [5, 5.41) is 0. The molecule has 1 radical (unpaired) electrons. The number of aryl methyl sites for hydroxylation is 1. The van der Waals surface area contributed by atoms with Gasteiger partial charge in [-0.3, -0.25) is 0 Å². The highest BCUT2D eigenvalue weighted by molar-refractivity contribution is 6.49. The van der Waals surface area contributed by atoms with Crippen LogP contribution in [0.1, 0.15) is 11.3 Å². The second-order valence-corrected chi connectivity index (χ2v) is 6.22. The van der Waals surface area contributed by atoms with Gasteiger partial charge in [-0.2, -0.15) is 0 Å². The highest BCUT2D eigenvalue weighted by Gasteiger charge is 2.05. The molecule has 18 heavy (non-hydrogen) atoms. The lowest BCUT2D eigenvalue weighted by Gasteiger charge is -2.10. The van der Waals surface area contributed by atoms with Crippen LogP contribution in [-0.4, -0.2) is 15.3 Å². The molecule has 0 bridgehead atoms. The van der Waals surface area contributed by atoms with E-state index in [1.54, 1.807) is 12.5 Å². The van der Waals surface area contributed by atoms with Gasteiger partial charge in [0.05, 0.1) is 12.5 Å². The Morgan fingerprint density at radius 2 is 2.00 bits per heavy atom. The van der Waals surface area contributed by atoms with Crippen molar-refractivity contribution in [3.63, 3.8) is 0 Å². The van der Waals surface area contributed by atoms with Crippen LogP contribution in [0.3, 0.4) is 0 Å². The summed E-state index contributed by atoms with van der Waals surface area (Å²) in [5.74, 6) is 1.61. The Balaban J connectivity index is 2.23. The zero-order valence-corrected chi connectivity index (χ0v) is 11.8. The highest BCUT2D eigenvalue weighted by atomic mass is 28.3. The van der Waals surface area contributed by atoms with Gasteiger partial charge in [0.25, 0.3) is 9.04 Å². The summed E-state index contributed by atoms with van der Waals surface area (Å²) in [5.41, 5.74) is 1.91. The molecule has 1 aromatic heterocycles. The lowest BCUT2D eigenvalue weighted by atomic mass is 10.3. The Hall–Kier alpha value is -1.81. The molecule has 2 rings (SSSR count). The van der Waals surface area contributed by atoms with Crippen molar-refractivity contribution in [1.82, 2.24) is 0 Å². The molecule has 2 aromatic rings. The first-order valence-electron chi connectivity index (χ1n) is 5.82. The van der Waals surface area contributed by atoms with Gasteiger partial charge in [-0.15, -0.1) is 0 Å². The van der Waals surface area contributed by atoms with E-state index in [2.05, 4.69) is 18.1 Å². The molecule has 0 aliphatic heterocycles. The fraction of sp³-hybridized carbons (Fsp3) is 0.214. The van der Waals surface area contributed by atoms with Crippen molar-refractivity contribution in [3.05, 3.63) is 47.9 Å². The van der Waals surface area contributed by atoms with Gasteiger partial charge in [-0.1, -0.05) is 12.1 Å². The van der Waals surface area contributed by atoms with Gasteiger partial charge in [0.15, 0.2) is 0 Å². The molecule has 0 aliphatic carbocycles. The van der Waals surface area contributed by atoms with E-state index in [-0.39, 0.29) is 0 Å². The van der Waals surface area contributed by atoms with Gasteiger partial charge in [-0.25, -0.2) is 4.99 Å². The van der Waals surface area contributed by atoms with Crippen molar-refractivity contribution in [2.45, 2.75) is 20.0 Å². The van der Waals surface area contributed by atoms with Crippen molar-refractivity contribution in [2.75, 3.05) is 0 Å². The van der Waals surface area contributed by atoms with Crippen LogP contribution in [0.25, 0.3) is 0 Å². The predicted octanol–water partition coefficient (Wildman–Crippen LogP) is 3.97. The minimum Gasteiger partial charge on any atom is -0.541 e. The number of furan rings is 1. The standard InChI is InChI=1S/C14H16NO2Si/c1-11-8-9-16-14(11)10-15-12-6-4-5-7-13(12)17-18(2)3/h4-10H,1-3H3. The summed E-state index contributed by atoms with van der Waals surface area (Å²) in [7, 11) is -0.786. The van der Waals surface area contributed by atoms with Crippen LogP contribution in [0.5, 0.6) is 5.75 Å². The zero-order chi connectivity index (χ0) is 13.0. The summed E-state index contributed by atoms with van der Waals surface area (Å²) in [6.45, 7) is 6.19. The van der Waals surface area contributed by atoms with E-state index in [4.69, 9.17) is 8.84 Å². The van der Waals surface area contributed by atoms with E-state index in [1.807, 2.05) is 37.3 Å². The molecule has 0 N–H and O–H groups in total. The average molecular weight is 258 g/mol. The van der Waals surface area contributed by atoms with E-state index < -0.39 is 9.04 Å². The maximum Gasteiger partial charge on any atom is 0.274 e. The third-order valence-corrected chi connectivity index (χ3v) is 3.03. The van der Waals surface area contributed by atoms with Crippen LogP contribution in [0.15, 0.2) is 46.0 Å². The van der Waals surface area contributed by atoms with Gasteiger partial charge in [-0.05, 0) is 43.8 Å². The molecule has 93 valence electrons. The Bertz CT molecular complexity index is 546. The van der Waals surface area contributed by atoms with Crippen molar-refractivity contribution in [3.8, 4) is 5.75 Å². The summed E-state index contributed by atoms with van der Waals surface area (Å²) < 4.78 is 11.1. The summed E-state index contributed by atoms with van der Waals surface area (Å²) in [4.78, 5) is 4.44. The van der Waals surface area contributed by atoms with E-state index in [1.165, 1.54) is 0 Å². The molecular formula is C14H16NO2Si. The molecule has 0 saturated heterocycles. The Labute approximate surface area is 109 Å². The molecule has 0 spiro atoms. The van der Waals surface area contributed by atoms with Crippen molar-refractivity contribution in [2.24, 2.45) is 4.99 Å². The third kappa shape index (κ3) is 3.11. The molecule has 0 aliphatic rings. The minimum atomic E-state index is -0.786. The highest BCUT2D eigenvalue weighted by Crippen LogP contribution is 2.27. The van der Waals surface area contributed by atoms with Gasteiger partial charge < -0.3 is 8.84 Å². The minimum absolute atomic E-state index is 0.781. The monoisotopic (exact) mass is 258 g/mol. The molecule has 0 unspecified atom stereocenters. The quantitative estimate of drug-likeness (QED) is 0.614. The number of benzene rings is 1.